The van der Waals surface area contributed by atoms with Gasteiger partial charge in [-0.15, -0.1) is 0 Å². The minimum Gasteiger partial charge on any atom is -0.380 e. The van der Waals surface area contributed by atoms with E-state index in [2.05, 4.69) is 0 Å². The fraction of sp³-hybridized carbons (Fsp3) is 0.208. The average molecular weight is 357 g/mol. The standard InChI is InChI=1S/C24H23NO2/c26-23-16-22(18-25(23)17-19-10-4-1-5-11-19)24(27,20-12-6-2-7-13-20)21-14-8-3-9-15-21/h1-15,22,27H,16-18H2. The summed E-state index contributed by atoms with van der Waals surface area (Å²) in [5.41, 5.74) is 1.57. The van der Waals surface area contributed by atoms with Gasteiger partial charge in [-0.3, -0.25) is 4.79 Å². The number of aliphatic hydroxyl groups is 1. The predicted octanol–water partition coefficient (Wildman–Crippen LogP) is 3.97. The van der Waals surface area contributed by atoms with Crippen LogP contribution in [0.4, 0.5) is 0 Å². The zero-order valence-electron chi connectivity index (χ0n) is 15.2. The molecule has 3 nitrogen and oxygen atoms in total. The van der Waals surface area contributed by atoms with Crippen LogP contribution in [0.3, 0.4) is 0 Å². The maximum absolute atomic E-state index is 12.7. The molecule has 0 aliphatic carbocycles. The van der Waals surface area contributed by atoms with Gasteiger partial charge in [0.05, 0.1) is 0 Å². The monoisotopic (exact) mass is 357 g/mol. The molecule has 0 spiro atoms. The van der Waals surface area contributed by atoms with E-state index in [1.165, 1.54) is 0 Å². The molecule has 4 rings (SSSR count). The third-order valence-electron chi connectivity index (χ3n) is 5.45. The predicted molar refractivity (Wildman–Crippen MR) is 106 cm³/mol. The first-order valence-electron chi connectivity index (χ1n) is 9.33. The van der Waals surface area contributed by atoms with E-state index < -0.39 is 5.60 Å². The molecule has 1 atom stereocenters. The molecule has 1 amide bonds. The Balaban J connectivity index is 1.67. The van der Waals surface area contributed by atoms with Crippen LogP contribution in [0, 0.1) is 5.92 Å². The van der Waals surface area contributed by atoms with E-state index in [1.807, 2.05) is 95.9 Å². The Bertz CT molecular complexity index is 854. The maximum Gasteiger partial charge on any atom is 0.223 e. The van der Waals surface area contributed by atoms with Crippen LogP contribution < -0.4 is 0 Å². The van der Waals surface area contributed by atoms with Gasteiger partial charge >= 0.3 is 0 Å². The summed E-state index contributed by atoms with van der Waals surface area (Å²) in [6.07, 6.45) is 0.340. The summed E-state index contributed by atoms with van der Waals surface area (Å²) in [6, 6.07) is 29.4. The summed E-state index contributed by atoms with van der Waals surface area (Å²) >= 11 is 0. The SMILES string of the molecule is O=C1CC(C(O)(c2ccccc2)c2ccccc2)CN1Cc1ccccc1. The van der Waals surface area contributed by atoms with Gasteiger partial charge in [0, 0.05) is 25.4 Å². The molecule has 0 bridgehead atoms. The molecule has 1 saturated heterocycles. The molecule has 0 saturated carbocycles. The second-order valence-corrected chi connectivity index (χ2v) is 7.16. The Morgan fingerprint density at radius 2 is 1.30 bits per heavy atom. The van der Waals surface area contributed by atoms with E-state index in [1.54, 1.807) is 0 Å². The third kappa shape index (κ3) is 3.38. The van der Waals surface area contributed by atoms with Crippen molar-refractivity contribution in [2.45, 2.75) is 18.6 Å². The quantitative estimate of drug-likeness (QED) is 0.751. The summed E-state index contributed by atoms with van der Waals surface area (Å²) in [7, 11) is 0. The Labute approximate surface area is 159 Å². The van der Waals surface area contributed by atoms with Crippen LogP contribution in [-0.4, -0.2) is 22.5 Å². The highest BCUT2D eigenvalue weighted by atomic mass is 16.3. The van der Waals surface area contributed by atoms with Crippen molar-refractivity contribution in [3.05, 3.63) is 108 Å². The summed E-state index contributed by atoms with van der Waals surface area (Å²) in [6.45, 7) is 1.11. The van der Waals surface area contributed by atoms with Crippen molar-refractivity contribution in [1.82, 2.24) is 4.90 Å². The zero-order valence-corrected chi connectivity index (χ0v) is 15.2. The van der Waals surface area contributed by atoms with Crippen LogP contribution in [-0.2, 0) is 16.9 Å². The lowest BCUT2D eigenvalue weighted by molar-refractivity contribution is -0.128. The number of hydrogen-bond donors (Lipinski definition) is 1. The van der Waals surface area contributed by atoms with Crippen molar-refractivity contribution in [2.24, 2.45) is 5.92 Å². The van der Waals surface area contributed by atoms with Crippen molar-refractivity contribution in [3.63, 3.8) is 0 Å². The molecule has 3 heteroatoms. The first-order valence-corrected chi connectivity index (χ1v) is 9.33. The van der Waals surface area contributed by atoms with Crippen molar-refractivity contribution in [2.75, 3.05) is 6.54 Å². The molecular weight excluding hydrogens is 334 g/mol. The smallest absolute Gasteiger partial charge is 0.223 e. The molecule has 1 unspecified atom stereocenters. The highest BCUT2D eigenvalue weighted by molar-refractivity contribution is 5.79. The highest BCUT2D eigenvalue weighted by Gasteiger charge is 2.46. The molecule has 3 aromatic rings. The highest BCUT2D eigenvalue weighted by Crippen LogP contribution is 2.42. The van der Waals surface area contributed by atoms with Crippen LogP contribution in [0.2, 0.25) is 0 Å². The molecule has 136 valence electrons. The zero-order chi connectivity index (χ0) is 18.7. The summed E-state index contributed by atoms with van der Waals surface area (Å²) in [5, 5.41) is 11.9. The second kappa shape index (κ2) is 7.37. The Morgan fingerprint density at radius 3 is 1.81 bits per heavy atom. The minimum atomic E-state index is -1.19. The van der Waals surface area contributed by atoms with Gasteiger partial charge in [-0.25, -0.2) is 0 Å². The lowest BCUT2D eigenvalue weighted by Crippen LogP contribution is -2.38. The van der Waals surface area contributed by atoms with Crippen molar-refractivity contribution >= 4 is 5.91 Å². The number of nitrogens with zero attached hydrogens (tertiary/aromatic N) is 1. The van der Waals surface area contributed by atoms with Crippen LogP contribution in [0.5, 0.6) is 0 Å². The van der Waals surface area contributed by atoms with E-state index in [0.29, 0.717) is 19.5 Å². The molecule has 1 N–H and O–H groups in total. The fourth-order valence-corrected chi connectivity index (χ4v) is 4.03. The minimum absolute atomic E-state index is 0.0918. The van der Waals surface area contributed by atoms with E-state index in [-0.39, 0.29) is 11.8 Å². The number of likely N-dealkylation sites (tertiary alicyclic amines) is 1. The van der Waals surface area contributed by atoms with E-state index in [0.717, 1.165) is 16.7 Å². The second-order valence-electron chi connectivity index (χ2n) is 7.16. The van der Waals surface area contributed by atoms with Gasteiger partial charge in [0.2, 0.25) is 5.91 Å². The topological polar surface area (TPSA) is 40.5 Å². The molecule has 1 aliphatic rings. The fourth-order valence-electron chi connectivity index (χ4n) is 4.03. The summed E-state index contributed by atoms with van der Waals surface area (Å²) in [4.78, 5) is 14.6. The van der Waals surface area contributed by atoms with Crippen LogP contribution in [0.15, 0.2) is 91.0 Å². The van der Waals surface area contributed by atoms with Gasteiger partial charge in [-0.2, -0.15) is 0 Å². The van der Waals surface area contributed by atoms with Crippen molar-refractivity contribution < 1.29 is 9.90 Å². The Kier molecular flexibility index (Phi) is 4.78. The van der Waals surface area contributed by atoms with Crippen molar-refractivity contribution in [1.29, 1.82) is 0 Å². The summed E-state index contributed by atoms with van der Waals surface area (Å²) in [5.74, 6) is -0.104. The van der Waals surface area contributed by atoms with E-state index in [9.17, 15) is 9.90 Å². The molecule has 1 heterocycles. The molecule has 27 heavy (non-hydrogen) atoms. The number of amides is 1. The number of carbonyl (C=O) groups is 1. The Hall–Kier alpha value is -2.91. The normalized spacial score (nSPS) is 17.3. The molecule has 1 aliphatic heterocycles. The Morgan fingerprint density at radius 1 is 0.815 bits per heavy atom. The average Bonchev–Trinajstić information content (AvgIpc) is 3.10. The molecule has 0 radical (unpaired) electrons. The number of rotatable bonds is 5. The van der Waals surface area contributed by atoms with Gasteiger partial charge < -0.3 is 10.0 Å². The molecule has 3 aromatic carbocycles. The molecular formula is C24H23NO2. The summed E-state index contributed by atoms with van der Waals surface area (Å²) < 4.78 is 0. The lowest BCUT2D eigenvalue weighted by atomic mass is 9.75. The van der Waals surface area contributed by atoms with E-state index >= 15 is 0 Å². The van der Waals surface area contributed by atoms with Gasteiger partial charge in [-0.1, -0.05) is 91.0 Å². The largest absolute Gasteiger partial charge is 0.380 e. The van der Waals surface area contributed by atoms with Gasteiger partial charge in [-0.05, 0) is 16.7 Å². The van der Waals surface area contributed by atoms with Crippen molar-refractivity contribution in [3.8, 4) is 0 Å². The van der Waals surface area contributed by atoms with Crippen LogP contribution in [0.25, 0.3) is 0 Å². The van der Waals surface area contributed by atoms with Gasteiger partial charge in [0.25, 0.3) is 0 Å². The first-order chi connectivity index (χ1) is 13.2. The number of carbonyl (C=O) groups excluding carboxylic acids is 1. The first kappa shape index (κ1) is 17.5. The van der Waals surface area contributed by atoms with E-state index in [4.69, 9.17) is 0 Å². The molecule has 0 aromatic heterocycles. The van der Waals surface area contributed by atoms with Gasteiger partial charge in [0.15, 0.2) is 0 Å². The number of hydrogen-bond acceptors (Lipinski definition) is 2. The van der Waals surface area contributed by atoms with Crippen LogP contribution in [0.1, 0.15) is 23.1 Å². The molecule has 1 fully saturated rings. The lowest BCUT2D eigenvalue weighted by Gasteiger charge is -2.35. The maximum atomic E-state index is 12.7. The number of benzene rings is 3. The van der Waals surface area contributed by atoms with Gasteiger partial charge in [0.1, 0.15) is 5.60 Å². The third-order valence-corrected chi connectivity index (χ3v) is 5.45. The van der Waals surface area contributed by atoms with Crippen LogP contribution >= 0.6 is 0 Å².